The zero-order chi connectivity index (χ0) is 19.2. The lowest BCUT2D eigenvalue weighted by atomic mass is 10.0. The van der Waals surface area contributed by atoms with Crippen LogP contribution < -0.4 is 15.0 Å². The number of nitrogens with zero attached hydrogens (tertiary/aromatic N) is 1. The van der Waals surface area contributed by atoms with E-state index in [2.05, 4.69) is 19.2 Å². The lowest BCUT2D eigenvalue weighted by Gasteiger charge is -2.16. The Morgan fingerprint density at radius 2 is 1.74 bits per heavy atom. The number of anilines is 2. The summed E-state index contributed by atoms with van der Waals surface area (Å²) in [6.45, 7) is 4.86. The summed E-state index contributed by atoms with van der Waals surface area (Å²) >= 11 is 0. The first-order valence-electron chi connectivity index (χ1n) is 9.56. The summed E-state index contributed by atoms with van der Waals surface area (Å²) in [6, 6.07) is 13.4. The Kier molecular flexibility index (Phi) is 6.12. The Hall–Kier alpha value is -2.82. The number of benzene rings is 2. The maximum Gasteiger partial charge on any atom is 0.262 e. The third-order valence-electron chi connectivity index (χ3n) is 4.86. The number of aryl methyl sites for hydroxylation is 2. The quantitative estimate of drug-likeness (QED) is 0.807. The third kappa shape index (κ3) is 4.48. The fourth-order valence-corrected chi connectivity index (χ4v) is 3.37. The van der Waals surface area contributed by atoms with E-state index in [1.807, 2.05) is 30.3 Å². The Balaban J connectivity index is 1.59. The molecule has 2 aromatic carbocycles. The van der Waals surface area contributed by atoms with Gasteiger partial charge in [0.15, 0.2) is 6.61 Å². The van der Waals surface area contributed by atoms with Gasteiger partial charge in [-0.3, -0.25) is 9.59 Å². The molecule has 1 heterocycles. The van der Waals surface area contributed by atoms with Crippen LogP contribution in [-0.4, -0.2) is 25.0 Å². The number of para-hydroxylation sites is 1. The lowest BCUT2D eigenvalue weighted by Crippen LogP contribution is -2.23. The van der Waals surface area contributed by atoms with Crippen LogP contribution in [0.25, 0.3) is 0 Å². The normalized spacial score (nSPS) is 13.7. The fraction of sp³-hybridized carbons (Fsp3) is 0.364. The monoisotopic (exact) mass is 366 g/mol. The van der Waals surface area contributed by atoms with Gasteiger partial charge in [0.1, 0.15) is 5.75 Å². The Morgan fingerprint density at radius 3 is 2.30 bits per heavy atom. The molecule has 5 heteroatoms. The fourth-order valence-electron chi connectivity index (χ4n) is 3.37. The van der Waals surface area contributed by atoms with Crippen LogP contribution in [0.1, 0.15) is 37.8 Å². The molecule has 0 saturated carbocycles. The number of carbonyl (C=O) groups excluding carboxylic acids is 2. The van der Waals surface area contributed by atoms with Gasteiger partial charge in [-0.15, -0.1) is 0 Å². The van der Waals surface area contributed by atoms with Crippen LogP contribution in [0.3, 0.4) is 0 Å². The second-order valence-corrected chi connectivity index (χ2v) is 6.64. The van der Waals surface area contributed by atoms with Crippen molar-refractivity contribution in [2.45, 2.75) is 39.5 Å². The average molecular weight is 366 g/mol. The molecule has 3 rings (SSSR count). The van der Waals surface area contributed by atoms with Crippen LogP contribution in [0.2, 0.25) is 0 Å². The molecule has 27 heavy (non-hydrogen) atoms. The minimum atomic E-state index is -0.176. The smallest absolute Gasteiger partial charge is 0.262 e. The first-order valence-corrected chi connectivity index (χ1v) is 9.56. The summed E-state index contributed by atoms with van der Waals surface area (Å²) in [7, 11) is 0. The van der Waals surface area contributed by atoms with Crippen molar-refractivity contribution in [2.24, 2.45) is 0 Å². The van der Waals surface area contributed by atoms with Crippen LogP contribution in [0, 0.1) is 0 Å². The minimum Gasteiger partial charge on any atom is -0.484 e. The molecule has 1 aliphatic heterocycles. The van der Waals surface area contributed by atoms with Gasteiger partial charge < -0.3 is 15.0 Å². The van der Waals surface area contributed by atoms with E-state index in [4.69, 9.17) is 4.74 Å². The number of hydrogen-bond acceptors (Lipinski definition) is 3. The summed E-state index contributed by atoms with van der Waals surface area (Å²) < 4.78 is 5.62. The number of hydrogen-bond donors (Lipinski definition) is 1. The Morgan fingerprint density at radius 1 is 1.07 bits per heavy atom. The van der Waals surface area contributed by atoms with E-state index in [-0.39, 0.29) is 18.4 Å². The summed E-state index contributed by atoms with van der Waals surface area (Å²) in [4.78, 5) is 25.9. The van der Waals surface area contributed by atoms with Crippen molar-refractivity contribution in [1.29, 1.82) is 0 Å². The number of carbonyl (C=O) groups is 2. The van der Waals surface area contributed by atoms with Crippen molar-refractivity contribution >= 4 is 23.2 Å². The predicted octanol–water partition coefficient (Wildman–Crippen LogP) is 3.96. The Labute approximate surface area is 160 Å². The van der Waals surface area contributed by atoms with Crippen LogP contribution in [0.15, 0.2) is 42.5 Å². The predicted molar refractivity (Wildman–Crippen MR) is 107 cm³/mol. The highest BCUT2D eigenvalue weighted by Gasteiger charge is 2.21. The molecule has 0 bridgehead atoms. The molecule has 0 aromatic heterocycles. The van der Waals surface area contributed by atoms with Gasteiger partial charge in [-0.1, -0.05) is 32.0 Å². The molecule has 142 valence electrons. The van der Waals surface area contributed by atoms with Crippen LogP contribution in [0.5, 0.6) is 5.75 Å². The number of rotatable bonds is 7. The molecule has 2 aromatic rings. The van der Waals surface area contributed by atoms with Gasteiger partial charge in [-0.25, -0.2) is 0 Å². The molecule has 0 aliphatic carbocycles. The minimum absolute atomic E-state index is 0.0524. The highest BCUT2D eigenvalue weighted by atomic mass is 16.5. The van der Waals surface area contributed by atoms with E-state index in [0.29, 0.717) is 12.2 Å². The molecule has 1 N–H and O–H groups in total. The number of nitrogens with one attached hydrogen (secondary N) is 1. The summed E-state index contributed by atoms with van der Waals surface area (Å²) in [5, 5.41) is 3.00. The van der Waals surface area contributed by atoms with Gasteiger partial charge in [0.05, 0.1) is 0 Å². The largest absolute Gasteiger partial charge is 0.484 e. The molecule has 1 saturated heterocycles. The van der Waals surface area contributed by atoms with E-state index < -0.39 is 0 Å². The van der Waals surface area contributed by atoms with Gasteiger partial charge in [-0.05, 0) is 54.7 Å². The first kappa shape index (κ1) is 19.0. The molecular formula is C22H26N2O3. The summed E-state index contributed by atoms with van der Waals surface area (Å²) in [5.41, 5.74) is 4.03. The van der Waals surface area contributed by atoms with Crippen LogP contribution in [0.4, 0.5) is 11.4 Å². The average Bonchev–Trinajstić information content (AvgIpc) is 3.13. The van der Waals surface area contributed by atoms with Crippen LogP contribution in [-0.2, 0) is 22.4 Å². The van der Waals surface area contributed by atoms with Gasteiger partial charge in [0.2, 0.25) is 5.91 Å². The molecule has 0 spiro atoms. The molecule has 2 amide bonds. The first-order chi connectivity index (χ1) is 13.1. The third-order valence-corrected chi connectivity index (χ3v) is 4.86. The van der Waals surface area contributed by atoms with Crippen molar-refractivity contribution in [3.8, 4) is 5.75 Å². The highest BCUT2D eigenvalue weighted by Crippen LogP contribution is 2.25. The van der Waals surface area contributed by atoms with Gasteiger partial charge >= 0.3 is 0 Å². The van der Waals surface area contributed by atoms with E-state index in [0.717, 1.165) is 48.3 Å². The van der Waals surface area contributed by atoms with E-state index in [1.165, 1.54) is 0 Å². The maximum absolute atomic E-state index is 12.4. The van der Waals surface area contributed by atoms with E-state index in [1.54, 1.807) is 17.0 Å². The topological polar surface area (TPSA) is 58.6 Å². The second kappa shape index (κ2) is 8.71. The highest BCUT2D eigenvalue weighted by molar-refractivity contribution is 5.95. The molecule has 0 atom stereocenters. The number of amides is 2. The van der Waals surface area contributed by atoms with E-state index >= 15 is 0 Å². The van der Waals surface area contributed by atoms with Gasteiger partial charge in [0.25, 0.3) is 5.91 Å². The molecular weight excluding hydrogens is 340 g/mol. The zero-order valence-corrected chi connectivity index (χ0v) is 16.0. The molecule has 5 nitrogen and oxygen atoms in total. The molecule has 0 unspecified atom stereocenters. The van der Waals surface area contributed by atoms with Crippen LogP contribution >= 0.6 is 0 Å². The lowest BCUT2D eigenvalue weighted by molar-refractivity contribution is -0.118. The standard InChI is InChI=1S/C22H26N2O3/c1-3-16-7-5-8-17(4-2)22(16)23-20(25)15-27-19-12-10-18(11-13-19)24-14-6-9-21(24)26/h5,7-8,10-13H,3-4,6,9,14-15H2,1-2H3,(H,23,25). The molecule has 1 fully saturated rings. The second-order valence-electron chi connectivity index (χ2n) is 6.64. The van der Waals surface area contributed by atoms with Crippen molar-refractivity contribution in [3.05, 3.63) is 53.6 Å². The van der Waals surface area contributed by atoms with Crippen molar-refractivity contribution in [3.63, 3.8) is 0 Å². The van der Waals surface area contributed by atoms with Crippen molar-refractivity contribution in [1.82, 2.24) is 0 Å². The maximum atomic E-state index is 12.4. The molecule has 1 aliphatic rings. The van der Waals surface area contributed by atoms with Gasteiger partial charge in [-0.2, -0.15) is 0 Å². The van der Waals surface area contributed by atoms with Crippen molar-refractivity contribution < 1.29 is 14.3 Å². The number of ether oxygens (including phenoxy) is 1. The van der Waals surface area contributed by atoms with Gasteiger partial charge in [0, 0.05) is 24.3 Å². The summed E-state index contributed by atoms with van der Waals surface area (Å²) in [5.74, 6) is 0.591. The summed E-state index contributed by atoms with van der Waals surface area (Å²) in [6.07, 6.45) is 3.23. The molecule has 0 radical (unpaired) electrons. The Bertz CT molecular complexity index is 793. The van der Waals surface area contributed by atoms with E-state index in [9.17, 15) is 9.59 Å². The van der Waals surface area contributed by atoms with Crippen molar-refractivity contribution in [2.75, 3.05) is 23.4 Å². The zero-order valence-electron chi connectivity index (χ0n) is 16.0. The SMILES string of the molecule is CCc1cccc(CC)c1NC(=O)COc1ccc(N2CCCC2=O)cc1.